The van der Waals surface area contributed by atoms with Gasteiger partial charge in [0.2, 0.25) is 5.95 Å². The summed E-state index contributed by atoms with van der Waals surface area (Å²) in [6, 6.07) is 1.83. The first-order chi connectivity index (χ1) is 10.1. The van der Waals surface area contributed by atoms with E-state index in [1.807, 2.05) is 6.07 Å². The highest BCUT2D eigenvalue weighted by Gasteiger charge is 2.45. The third-order valence-electron chi connectivity index (χ3n) is 4.48. The Labute approximate surface area is 125 Å². The molecule has 0 radical (unpaired) electrons. The number of aromatic nitrogens is 2. The summed E-state index contributed by atoms with van der Waals surface area (Å²) in [5.74, 6) is 0.868. The van der Waals surface area contributed by atoms with Gasteiger partial charge in [-0.15, -0.1) is 0 Å². The van der Waals surface area contributed by atoms with Crippen molar-refractivity contribution >= 4 is 11.9 Å². The number of rotatable bonds is 2. The Morgan fingerprint density at radius 3 is 2.57 bits per heavy atom. The van der Waals surface area contributed by atoms with E-state index in [9.17, 15) is 4.79 Å². The molecule has 0 bridgehead atoms. The van der Waals surface area contributed by atoms with E-state index in [-0.39, 0.29) is 17.6 Å². The molecule has 1 aromatic rings. The smallest absolute Gasteiger partial charge is 0.251 e. The standard InChI is InChI=1S/C15H22N4O2/c1-18(2)13(20)12-4-5-15(21-12)6-10-19(11-7-15)14-16-8-3-9-17-14/h3,8-9,12H,4-7,10-11H2,1-2H3/t12-/m0/s1. The lowest BCUT2D eigenvalue weighted by Crippen LogP contribution is -2.46. The molecule has 0 saturated carbocycles. The normalized spacial score (nSPS) is 24.3. The fraction of sp³-hybridized carbons (Fsp3) is 0.667. The monoisotopic (exact) mass is 290 g/mol. The summed E-state index contributed by atoms with van der Waals surface area (Å²) in [5, 5.41) is 0. The molecule has 2 saturated heterocycles. The fourth-order valence-electron chi connectivity index (χ4n) is 3.21. The van der Waals surface area contributed by atoms with Crippen molar-refractivity contribution in [3.63, 3.8) is 0 Å². The topological polar surface area (TPSA) is 58.6 Å². The zero-order valence-electron chi connectivity index (χ0n) is 12.7. The maximum absolute atomic E-state index is 12.0. The van der Waals surface area contributed by atoms with Gasteiger partial charge in [-0.2, -0.15) is 0 Å². The number of anilines is 1. The quantitative estimate of drug-likeness (QED) is 0.816. The fourth-order valence-corrected chi connectivity index (χ4v) is 3.21. The highest BCUT2D eigenvalue weighted by molar-refractivity contribution is 5.80. The maximum Gasteiger partial charge on any atom is 0.251 e. The molecule has 21 heavy (non-hydrogen) atoms. The van der Waals surface area contributed by atoms with Crippen molar-refractivity contribution in [2.24, 2.45) is 0 Å². The lowest BCUT2D eigenvalue weighted by Gasteiger charge is -2.39. The molecule has 0 unspecified atom stereocenters. The van der Waals surface area contributed by atoms with Gasteiger partial charge in [0, 0.05) is 39.6 Å². The number of amides is 1. The molecule has 0 aliphatic carbocycles. The van der Waals surface area contributed by atoms with E-state index in [4.69, 9.17) is 4.74 Å². The first-order valence-electron chi connectivity index (χ1n) is 7.51. The van der Waals surface area contributed by atoms with E-state index >= 15 is 0 Å². The van der Waals surface area contributed by atoms with Crippen LogP contribution >= 0.6 is 0 Å². The molecule has 114 valence electrons. The number of carbonyl (C=O) groups is 1. The highest BCUT2D eigenvalue weighted by Crippen LogP contribution is 2.39. The van der Waals surface area contributed by atoms with E-state index in [0.717, 1.165) is 44.7 Å². The minimum Gasteiger partial charge on any atom is -0.362 e. The van der Waals surface area contributed by atoms with Crippen LogP contribution < -0.4 is 4.90 Å². The van der Waals surface area contributed by atoms with Gasteiger partial charge in [-0.05, 0) is 31.7 Å². The summed E-state index contributed by atoms with van der Waals surface area (Å²) in [4.78, 5) is 24.4. The minimum atomic E-state index is -0.264. The Kier molecular flexibility index (Phi) is 3.80. The van der Waals surface area contributed by atoms with Gasteiger partial charge >= 0.3 is 0 Å². The molecule has 0 aromatic carbocycles. The molecule has 1 atom stereocenters. The Balaban J connectivity index is 1.60. The molecule has 2 aliphatic rings. The summed E-state index contributed by atoms with van der Waals surface area (Å²) in [6.07, 6.45) is 6.94. The van der Waals surface area contributed by atoms with Crippen molar-refractivity contribution in [1.82, 2.24) is 14.9 Å². The van der Waals surface area contributed by atoms with Crippen LogP contribution in [0.5, 0.6) is 0 Å². The highest BCUT2D eigenvalue weighted by atomic mass is 16.5. The van der Waals surface area contributed by atoms with Crippen molar-refractivity contribution in [2.75, 3.05) is 32.1 Å². The summed E-state index contributed by atoms with van der Waals surface area (Å²) in [6.45, 7) is 1.76. The predicted molar refractivity (Wildman–Crippen MR) is 79.0 cm³/mol. The van der Waals surface area contributed by atoms with Crippen molar-refractivity contribution in [2.45, 2.75) is 37.4 Å². The third kappa shape index (κ3) is 2.85. The number of ether oxygens (including phenoxy) is 1. The molecule has 6 nitrogen and oxygen atoms in total. The van der Waals surface area contributed by atoms with Gasteiger partial charge in [-0.3, -0.25) is 4.79 Å². The molecule has 1 spiro atoms. The Morgan fingerprint density at radius 2 is 1.95 bits per heavy atom. The van der Waals surface area contributed by atoms with Crippen LogP contribution in [-0.2, 0) is 9.53 Å². The number of nitrogens with zero attached hydrogens (tertiary/aromatic N) is 4. The van der Waals surface area contributed by atoms with E-state index in [1.165, 1.54) is 0 Å². The van der Waals surface area contributed by atoms with E-state index < -0.39 is 0 Å². The SMILES string of the molecule is CN(C)C(=O)[C@@H]1CCC2(CCN(c3ncccn3)CC2)O1. The molecular formula is C15H22N4O2. The van der Waals surface area contributed by atoms with Gasteiger partial charge in [0.05, 0.1) is 5.60 Å². The van der Waals surface area contributed by atoms with Crippen LogP contribution in [0.25, 0.3) is 0 Å². The van der Waals surface area contributed by atoms with Gasteiger partial charge in [0.1, 0.15) is 6.10 Å². The Hall–Kier alpha value is -1.69. The average Bonchev–Trinajstić information content (AvgIpc) is 2.92. The molecule has 3 heterocycles. The van der Waals surface area contributed by atoms with Gasteiger partial charge in [0.15, 0.2) is 0 Å². The number of hydrogen-bond acceptors (Lipinski definition) is 5. The van der Waals surface area contributed by atoms with Crippen LogP contribution in [0.2, 0.25) is 0 Å². The van der Waals surface area contributed by atoms with Crippen LogP contribution in [0.3, 0.4) is 0 Å². The summed E-state index contributed by atoms with van der Waals surface area (Å²) in [7, 11) is 3.57. The summed E-state index contributed by atoms with van der Waals surface area (Å²) >= 11 is 0. The molecule has 1 aromatic heterocycles. The molecule has 3 rings (SSSR count). The third-order valence-corrected chi connectivity index (χ3v) is 4.48. The van der Waals surface area contributed by atoms with Crippen molar-refractivity contribution in [1.29, 1.82) is 0 Å². The molecule has 6 heteroatoms. The van der Waals surface area contributed by atoms with Crippen molar-refractivity contribution in [3.05, 3.63) is 18.5 Å². The number of likely N-dealkylation sites (N-methyl/N-ethyl adjacent to an activating group) is 1. The average molecular weight is 290 g/mol. The second kappa shape index (κ2) is 5.60. The maximum atomic E-state index is 12.0. The van der Waals surface area contributed by atoms with Gasteiger partial charge in [0.25, 0.3) is 5.91 Å². The summed E-state index contributed by atoms with van der Waals surface area (Å²) < 4.78 is 6.14. The molecule has 0 N–H and O–H groups in total. The molecular weight excluding hydrogens is 268 g/mol. The van der Waals surface area contributed by atoms with E-state index in [2.05, 4.69) is 14.9 Å². The lowest BCUT2D eigenvalue weighted by molar-refractivity contribution is -0.146. The largest absolute Gasteiger partial charge is 0.362 e. The number of hydrogen-bond donors (Lipinski definition) is 0. The molecule has 1 amide bonds. The van der Waals surface area contributed by atoms with Crippen LogP contribution in [0, 0.1) is 0 Å². The Morgan fingerprint density at radius 1 is 1.29 bits per heavy atom. The van der Waals surface area contributed by atoms with Crippen molar-refractivity contribution < 1.29 is 9.53 Å². The van der Waals surface area contributed by atoms with Crippen LogP contribution in [0.1, 0.15) is 25.7 Å². The predicted octanol–water partition coefficient (Wildman–Crippen LogP) is 1.08. The van der Waals surface area contributed by atoms with E-state index in [0.29, 0.717) is 0 Å². The van der Waals surface area contributed by atoms with E-state index in [1.54, 1.807) is 31.4 Å². The minimum absolute atomic E-state index is 0.0840. The zero-order chi connectivity index (χ0) is 14.9. The van der Waals surface area contributed by atoms with Gasteiger partial charge in [-0.25, -0.2) is 9.97 Å². The first kappa shape index (κ1) is 14.3. The molecule has 2 aliphatic heterocycles. The zero-order valence-corrected chi connectivity index (χ0v) is 12.7. The van der Waals surface area contributed by atoms with Crippen LogP contribution in [0.4, 0.5) is 5.95 Å². The lowest BCUT2D eigenvalue weighted by atomic mass is 9.88. The second-order valence-electron chi connectivity index (χ2n) is 6.10. The number of piperidine rings is 1. The van der Waals surface area contributed by atoms with Gasteiger partial charge in [-0.1, -0.05) is 0 Å². The van der Waals surface area contributed by atoms with Gasteiger partial charge < -0.3 is 14.5 Å². The molecule has 2 fully saturated rings. The van der Waals surface area contributed by atoms with Crippen LogP contribution in [0.15, 0.2) is 18.5 Å². The number of carbonyl (C=O) groups excluding carboxylic acids is 1. The first-order valence-corrected chi connectivity index (χ1v) is 7.51. The second-order valence-corrected chi connectivity index (χ2v) is 6.10. The van der Waals surface area contributed by atoms with Crippen molar-refractivity contribution in [3.8, 4) is 0 Å². The Bertz CT molecular complexity index is 498. The summed E-state index contributed by atoms with van der Waals surface area (Å²) in [5.41, 5.74) is -0.123. The van der Waals surface area contributed by atoms with Crippen LogP contribution in [-0.4, -0.2) is 59.7 Å².